The van der Waals surface area contributed by atoms with Gasteiger partial charge in [-0.25, -0.2) is 19.9 Å². The number of nitrogens with zero attached hydrogens (tertiary/aromatic N) is 5. The molecule has 4 aromatic rings. The van der Waals surface area contributed by atoms with Gasteiger partial charge in [-0.3, -0.25) is 0 Å². The lowest BCUT2D eigenvalue weighted by Crippen LogP contribution is -2.24. The third-order valence-electron chi connectivity index (χ3n) is 3.96. The molecule has 0 saturated carbocycles. The van der Waals surface area contributed by atoms with Crippen LogP contribution in [0.3, 0.4) is 0 Å². The molecule has 4 rings (SSSR count). The van der Waals surface area contributed by atoms with Crippen LogP contribution in [-0.2, 0) is 13.1 Å². The van der Waals surface area contributed by atoms with Gasteiger partial charge in [0.1, 0.15) is 17.4 Å². The zero-order chi connectivity index (χ0) is 16.9. The first kappa shape index (κ1) is 15.2. The molecule has 0 spiro atoms. The smallest absolute Gasteiger partial charge is 0.226 e. The second-order valence-corrected chi connectivity index (χ2v) is 5.79. The summed E-state index contributed by atoms with van der Waals surface area (Å²) in [6.45, 7) is 1.46. The minimum absolute atomic E-state index is 0.676. The molecule has 0 aliphatic rings. The fraction of sp³-hybridized carbons (Fsp3) is 0.100. The van der Waals surface area contributed by atoms with Crippen molar-refractivity contribution in [2.24, 2.45) is 0 Å². The van der Waals surface area contributed by atoms with Crippen LogP contribution in [0.15, 0.2) is 79.4 Å². The van der Waals surface area contributed by atoms with E-state index in [2.05, 4.69) is 49.1 Å². The molecule has 122 valence electrons. The molecule has 5 nitrogen and oxygen atoms in total. The maximum absolute atomic E-state index is 4.66. The average molecular weight is 327 g/mol. The Labute approximate surface area is 146 Å². The van der Waals surface area contributed by atoms with E-state index in [0.717, 1.165) is 24.1 Å². The molecular formula is C20H17N5. The molecule has 25 heavy (non-hydrogen) atoms. The van der Waals surface area contributed by atoms with Gasteiger partial charge in [0.25, 0.3) is 0 Å². The molecule has 2 heterocycles. The van der Waals surface area contributed by atoms with Gasteiger partial charge >= 0.3 is 0 Å². The second kappa shape index (κ2) is 7.05. The molecule has 0 bridgehead atoms. The van der Waals surface area contributed by atoms with Crippen molar-refractivity contribution in [1.29, 1.82) is 0 Å². The van der Waals surface area contributed by atoms with Gasteiger partial charge in [0.05, 0.1) is 12.4 Å². The molecule has 0 aliphatic carbocycles. The molecule has 2 aromatic carbocycles. The number of anilines is 1. The van der Waals surface area contributed by atoms with Crippen LogP contribution in [0.25, 0.3) is 11.0 Å². The third kappa shape index (κ3) is 3.61. The fourth-order valence-electron chi connectivity index (χ4n) is 2.73. The zero-order valence-corrected chi connectivity index (χ0v) is 13.7. The summed E-state index contributed by atoms with van der Waals surface area (Å²) in [6, 6.07) is 20.7. The van der Waals surface area contributed by atoms with Gasteiger partial charge in [0.2, 0.25) is 5.95 Å². The highest BCUT2D eigenvalue weighted by atomic mass is 15.2. The summed E-state index contributed by atoms with van der Waals surface area (Å²) in [5, 5.41) is 0. The lowest BCUT2D eigenvalue weighted by molar-refractivity contribution is 0.766. The maximum Gasteiger partial charge on any atom is 0.226 e. The molecule has 0 aliphatic heterocycles. The quantitative estimate of drug-likeness (QED) is 0.560. The first-order chi connectivity index (χ1) is 12.4. The molecule has 0 amide bonds. The number of fused-ring (bicyclic) bond motifs is 1. The molecule has 5 heteroatoms. The highest BCUT2D eigenvalue weighted by Gasteiger charge is 2.12. The predicted molar refractivity (Wildman–Crippen MR) is 97.9 cm³/mol. The highest BCUT2D eigenvalue weighted by molar-refractivity contribution is 5.72. The van der Waals surface area contributed by atoms with Gasteiger partial charge in [0, 0.05) is 13.1 Å². The van der Waals surface area contributed by atoms with Gasteiger partial charge in [-0.1, -0.05) is 60.7 Å². The number of aromatic nitrogens is 4. The lowest BCUT2D eigenvalue weighted by Gasteiger charge is -2.23. The number of hydrogen-bond donors (Lipinski definition) is 0. The van der Waals surface area contributed by atoms with E-state index in [4.69, 9.17) is 0 Å². The summed E-state index contributed by atoms with van der Waals surface area (Å²) in [4.78, 5) is 19.6. The maximum atomic E-state index is 4.66. The standard InChI is InChI=1S/C20H17N5/c1-3-7-16(8-4-1)13-25(14-17-9-5-2-6-10-17)20-22-12-18-19(24-20)11-21-15-23-18/h1-12,15H,13-14H2. The topological polar surface area (TPSA) is 54.8 Å². The van der Waals surface area contributed by atoms with Crippen LogP contribution in [0.1, 0.15) is 11.1 Å². The average Bonchev–Trinajstić information content (AvgIpc) is 2.69. The van der Waals surface area contributed by atoms with E-state index < -0.39 is 0 Å². The Bertz CT molecular complexity index is 916. The van der Waals surface area contributed by atoms with Crippen molar-refractivity contribution in [1.82, 2.24) is 19.9 Å². The Balaban J connectivity index is 1.69. The van der Waals surface area contributed by atoms with E-state index in [0.29, 0.717) is 5.95 Å². The Morgan fingerprint density at radius 3 is 1.96 bits per heavy atom. The van der Waals surface area contributed by atoms with Crippen LogP contribution in [0.4, 0.5) is 5.95 Å². The normalized spacial score (nSPS) is 10.7. The predicted octanol–water partition coefficient (Wildman–Crippen LogP) is 3.63. The van der Waals surface area contributed by atoms with Crippen molar-refractivity contribution in [3.05, 3.63) is 90.5 Å². The van der Waals surface area contributed by atoms with Crippen LogP contribution >= 0.6 is 0 Å². The zero-order valence-electron chi connectivity index (χ0n) is 13.7. The van der Waals surface area contributed by atoms with E-state index in [1.807, 2.05) is 36.4 Å². The molecular weight excluding hydrogens is 310 g/mol. The minimum Gasteiger partial charge on any atom is -0.332 e. The molecule has 0 atom stereocenters. The summed E-state index contributed by atoms with van der Waals surface area (Å²) in [5.41, 5.74) is 3.93. The Hall–Kier alpha value is -3.34. The van der Waals surface area contributed by atoms with E-state index in [9.17, 15) is 0 Å². The Morgan fingerprint density at radius 2 is 1.32 bits per heavy atom. The van der Waals surface area contributed by atoms with Crippen molar-refractivity contribution < 1.29 is 0 Å². The minimum atomic E-state index is 0.676. The first-order valence-electron chi connectivity index (χ1n) is 8.14. The van der Waals surface area contributed by atoms with Gasteiger partial charge in [-0.2, -0.15) is 0 Å². The van der Waals surface area contributed by atoms with Crippen molar-refractivity contribution in [2.45, 2.75) is 13.1 Å². The number of hydrogen-bond acceptors (Lipinski definition) is 5. The second-order valence-electron chi connectivity index (χ2n) is 5.79. The van der Waals surface area contributed by atoms with Crippen LogP contribution in [0.5, 0.6) is 0 Å². The molecule has 0 fully saturated rings. The van der Waals surface area contributed by atoms with E-state index in [1.165, 1.54) is 17.5 Å². The molecule has 2 aromatic heterocycles. The van der Waals surface area contributed by atoms with E-state index in [1.54, 1.807) is 12.4 Å². The highest BCUT2D eigenvalue weighted by Crippen LogP contribution is 2.18. The number of rotatable bonds is 5. The van der Waals surface area contributed by atoms with E-state index >= 15 is 0 Å². The van der Waals surface area contributed by atoms with E-state index in [-0.39, 0.29) is 0 Å². The molecule has 0 unspecified atom stereocenters. The van der Waals surface area contributed by atoms with Gasteiger partial charge in [-0.15, -0.1) is 0 Å². The van der Waals surface area contributed by atoms with Crippen LogP contribution in [0.2, 0.25) is 0 Å². The monoisotopic (exact) mass is 327 g/mol. The number of benzene rings is 2. The SMILES string of the molecule is c1ccc(CN(Cc2ccccc2)c2ncc3ncncc3n2)cc1. The van der Waals surface area contributed by atoms with Crippen molar-refractivity contribution >= 4 is 17.0 Å². The molecule has 0 saturated heterocycles. The van der Waals surface area contributed by atoms with Gasteiger partial charge < -0.3 is 4.90 Å². The molecule has 0 radical (unpaired) electrons. The summed E-state index contributed by atoms with van der Waals surface area (Å²) in [7, 11) is 0. The van der Waals surface area contributed by atoms with Crippen LogP contribution in [-0.4, -0.2) is 19.9 Å². The molecule has 0 N–H and O–H groups in total. The van der Waals surface area contributed by atoms with Crippen molar-refractivity contribution in [2.75, 3.05) is 4.90 Å². The first-order valence-corrected chi connectivity index (χ1v) is 8.14. The summed E-state index contributed by atoms with van der Waals surface area (Å²) in [5.74, 6) is 0.676. The lowest BCUT2D eigenvalue weighted by atomic mass is 10.2. The third-order valence-corrected chi connectivity index (χ3v) is 3.96. The van der Waals surface area contributed by atoms with Crippen molar-refractivity contribution in [3.63, 3.8) is 0 Å². The van der Waals surface area contributed by atoms with Gasteiger partial charge in [0.15, 0.2) is 0 Å². The van der Waals surface area contributed by atoms with Gasteiger partial charge in [-0.05, 0) is 11.1 Å². The van der Waals surface area contributed by atoms with Crippen LogP contribution < -0.4 is 4.90 Å². The Morgan fingerprint density at radius 1 is 0.680 bits per heavy atom. The van der Waals surface area contributed by atoms with Crippen molar-refractivity contribution in [3.8, 4) is 0 Å². The largest absolute Gasteiger partial charge is 0.332 e. The summed E-state index contributed by atoms with van der Waals surface area (Å²) >= 11 is 0. The fourth-order valence-corrected chi connectivity index (χ4v) is 2.73. The summed E-state index contributed by atoms with van der Waals surface area (Å²) < 4.78 is 0. The summed E-state index contributed by atoms with van der Waals surface area (Å²) in [6.07, 6.45) is 4.98. The Kier molecular flexibility index (Phi) is 4.29. The van der Waals surface area contributed by atoms with Crippen LogP contribution in [0, 0.1) is 0 Å².